The minimum absolute atomic E-state index is 0.113. The molecular formula is C19H24F2N2O5S. The maximum absolute atomic E-state index is 12.8. The topological polar surface area (TPSA) is 92.8 Å². The van der Waals surface area contributed by atoms with Gasteiger partial charge in [0, 0.05) is 18.5 Å². The first-order valence-corrected chi connectivity index (χ1v) is 11.1. The Labute approximate surface area is 168 Å². The fourth-order valence-electron chi connectivity index (χ4n) is 3.83. The summed E-state index contributed by atoms with van der Waals surface area (Å²) in [6.07, 6.45) is 4.94. The molecule has 0 radical (unpaired) electrons. The van der Waals surface area contributed by atoms with Gasteiger partial charge in [0.2, 0.25) is 5.91 Å². The predicted molar refractivity (Wildman–Crippen MR) is 99.7 cm³/mol. The highest BCUT2D eigenvalue weighted by Crippen LogP contribution is 2.35. The van der Waals surface area contributed by atoms with Crippen molar-refractivity contribution in [2.24, 2.45) is 5.92 Å². The molecule has 1 atom stereocenters. The van der Waals surface area contributed by atoms with E-state index in [0.29, 0.717) is 13.0 Å². The zero-order valence-electron chi connectivity index (χ0n) is 16.1. The number of ether oxygens (including phenoxy) is 1. The summed E-state index contributed by atoms with van der Waals surface area (Å²) in [5, 5.41) is 0. The van der Waals surface area contributed by atoms with Gasteiger partial charge in [-0.1, -0.05) is 25.3 Å². The van der Waals surface area contributed by atoms with Gasteiger partial charge < -0.3 is 9.64 Å². The molecule has 1 heterocycles. The van der Waals surface area contributed by atoms with Crippen LogP contribution < -0.4 is 9.46 Å². The van der Waals surface area contributed by atoms with Crippen molar-refractivity contribution in [3.63, 3.8) is 0 Å². The molecule has 1 N–H and O–H groups in total. The third kappa shape index (κ3) is 4.52. The maximum atomic E-state index is 12.8. The number of sulfonamides is 1. The van der Waals surface area contributed by atoms with Crippen LogP contribution in [0.5, 0.6) is 5.75 Å². The smallest absolute Gasteiger partial charge is 0.387 e. The van der Waals surface area contributed by atoms with Crippen molar-refractivity contribution in [2.75, 3.05) is 6.54 Å². The van der Waals surface area contributed by atoms with Crippen LogP contribution in [0.1, 0.15) is 45.4 Å². The standard InChI is InChI=1S/C19H24F2N2O5S/c1-19(10-11-23(19)16(24)13-6-3-2-4-7-13)17(25)22-29(26,27)15-9-5-8-14(12-15)28-18(20)21/h5,8-9,12-13,18H,2-4,6-7,10-11H2,1H3,(H,22,25). The third-order valence-electron chi connectivity index (χ3n) is 5.70. The number of nitrogens with zero attached hydrogens (tertiary/aromatic N) is 1. The van der Waals surface area contributed by atoms with E-state index in [1.165, 1.54) is 23.1 Å². The van der Waals surface area contributed by atoms with Gasteiger partial charge in [-0.25, -0.2) is 13.1 Å². The molecular weight excluding hydrogens is 406 g/mol. The van der Waals surface area contributed by atoms with Gasteiger partial charge in [-0.15, -0.1) is 0 Å². The summed E-state index contributed by atoms with van der Waals surface area (Å²) in [5.74, 6) is -1.39. The molecule has 29 heavy (non-hydrogen) atoms. The van der Waals surface area contributed by atoms with E-state index in [4.69, 9.17) is 0 Å². The van der Waals surface area contributed by atoms with E-state index in [1.807, 2.05) is 4.72 Å². The number of likely N-dealkylation sites (tertiary alicyclic amines) is 1. The molecule has 2 fully saturated rings. The number of amides is 2. The molecule has 1 saturated heterocycles. The van der Waals surface area contributed by atoms with E-state index in [2.05, 4.69) is 4.74 Å². The van der Waals surface area contributed by atoms with E-state index in [9.17, 15) is 26.8 Å². The van der Waals surface area contributed by atoms with Gasteiger partial charge in [-0.05, 0) is 38.3 Å². The first kappa shape index (κ1) is 21.5. The Bertz CT molecular complexity index is 886. The average molecular weight is 430 g/mol. The summed E-state index contributed by atoms with van der Waals surface area (Å²) in [6.45, 7) is -1.16. The molecule has 0 aromatic heterocycles. The van der Waals surface area contributed by atoms with Crippen LogP contribution in [-0.2, 0) is 19.6 Å². The molecule has 2 aliphatic rings. The van der Waals surface area contributed by atoms with Crippen molar-refractivity contribution >= 4 is 21.8 Å². The Hall–Kier alpha value is -2.23. The van der Waals surface area contributed by atoms with Crippen LogP contribution in [0, 0.1) is 5.92 Å². The predicted octanol–water partition coefficient (Wildman–Crippen LogP) is 2.66. The Kier molecular flexibility index (Phi) is 6.11. The van der Waals surface area contributed by atoms with Crippen molar-refractivity contribution < 1.29 is 31.5 Å². The van der Waals surface area contributed by atoms with Gasteiger partial charge in [0.25, 0.3) is 15.9 Å². The molecule has 0 bridgehead atoms. The fraction of sp³-hybridized carbons (Fsp3) is 0.579. The third-order valence-corrected chi connectivity index (χ3v) is 7.02. The molecule has 1 aliphatic heterocycles. The first-order valence-electron chi connectivity index (χ1n) is 9.57. The molecule has 1 unspecified atom stereocenters. The summed E-state index contributed by atoms with van der Waals surface area (Å²) >= 11 is 0. The number of rotatable bonds is 6. The number of hydrogen-bond acceptors (Lipinski definition) is 5. The van der Waals surface area contributed by atoms with Gasteiger partial charge in [0.15, 0.2) is 0 Å². The van der Waals surface area contributed by atoms with Crippen LogP contribution in [0.25, 0.3) is 0 Å². The fourth-order valence-corrected chi connectivity index (χ4v) is 4.94. The molecule has 1 aromatic rings. The van der Waals surface area contributed by atoms with Crippen LogP contribution >= 0.6 is 0 Å². The van der Waals surface area contributed by atoms with Crippen LogP contribution in [0.15, 0.2) is 29.2 Å². The lowest BCUT2D eigenvalue weighted by atomic mass is 9.81. The maximum Gasteiger partial charge on any atom is 0.387 e. The minimum Gasteiger partial charge on any atom is -0.435 e. The van der Waals surface area contributed by atoms with Gasteiger partial charge in [-0.2, -0.15) is 8.78 Å². The Morgan fingerprint density at radius 3 is 2.52 bits per heavy atom. The van der Waals surface area contributed by atoms with Crippen molar-refractivity contribution in [2.45, 2.75) is 62.5 Å². The summed E-state index contributed by atoms with van der Waals surface area (Å²) in [7, 11) is -4.31. The van der Waals surface area contributed by atoms with E-state index in [1.54, 1.807) is 6.92 Å². The second-order valence-corrected chi connectivity index (χ2v) is 9.32. The van der Waals surface area contributed by atoms with E-state index in [0.717, 1.165) is 38.2 Å². The summed E-state index contributed by atoms with van der Waals surface area (Å²) in [4.78, 5) is 26.6. The molecule has 3 rings (SSSR count). The molecule has 1 saturated carbocycles. The molecule has 1 aromatic carbocycles. The lowest BCUT2D eigenvalue weighted by Crippen LogP contribution is -2.68. The normalized spacial score (nSPS) is 22.8. The van der Waals surface area contributed by atoms with E-state index in [-0.39, 0.29) is 22.5 Å². The Morgan fingerprint density at radius 1 is 1.24 bits per heavy atom. The highest BCUT2D eigenvalue weighted by Gasteiger charge is 2.51. The number of carbonyl (C=O) groups excluding carboxylic acids is 2. The number of alkyl halides is 2. The summed E-state index contributed by atoms with van der Waals surface area (Å²) in [5.41, 5.74) is -1.25. The Morgan fingerprint density at radius 2 is 1.93 bits per heavy atom. The molecule has 0 spiro atoms. The van der Waals surface area contributed by atoms with Crippen molar-refractivity contribution in [3.8, 4) is 5.75 Å². The van der Waals surface area contributed by atoms with Gasteiger partial charge in [0.1, 0.15) is 11.3 Å². The molecule has 1 aliphatic carbocycles. The SMILES string of the molecule is CC1(C(=O)NS(=O)(=O)c2cccc(OC(F)F)c2)CCN1C(=O)C1CCCCC1. The first-order chi connectivity index (χ1) is 13.6. The largest absolute Gasteiger partial charge is 0.435 e. The lowest BCUT2D eigenvalue weighted by molar-refractivity contribution is -0.160. The summed E-state index contributed by atoms with van der Waals surface area (Å²) < 4.78 is 56.0. The molecule has 7 nitrogen and oxygen atoms in total. The van der Waals surface area contributed by atoms with Crippen LogP contribution in [-0.4, -0.2) is 43.8 Å². The van der Waals surface area contributed by atoms with Gasteiger partial charge in [-0.3, -0.25) is 9.59 Å². The second kappa shape index (κ2) is 8.25. The van der Waals surface area contributed by atoms with Gasteiger partial charge in [0.05, 0.1) is 4.90 Å². The summed E-state index contributed by atoms with van der Waals surface area (Å²) in [6, 6.07) is 4.50. The molecule has 160 valence electrons. The number of hydrogen-bond donors (Lipinski definition) is 1. The number of nitrogens with one attached hydrogen (secondary N) is 1. The monoisotopic (exact) mass is 430 g/mol. The molecule has 10 heteroatoms. The van der Waals surface area contributed by atoms with Crippen LogP contribution in [0.2, 0.25) is 0 Å². The zero-order valence-corrected chi connectivity index (χ0v) is 16.9. The van der Waals surface area contributed by atoms with Crippen LogP contribution in [0.3, 0.4) is 0 Å². The second-order valence-electron chi connectivity index (χ2n) is 7.64. The highest BCUT2D eigenvalue weighted by atomic mass is 32.2. The quantitative estimate of drug-likeness (QED) is 0.749. The van der Waals surface area contributed by atoms with E-state index < -0.39 is 28.1 Å². The lowest BCUT2D eigenvalue weighted by Gasteiger charge is -2.50. The zero-order chi connectivity index (χ0) is 21.2. The Balaban J connectivity index is 1.72. The van der Waals surface area contributed by atoms with Crippen molar-refractivity contribution in [1.82, 2.24) is 9.62 Å². The minimum atomic E-state index is -4.31. The van der Waals surface area contributed by atoms with Crippen LogP contribution in [0.4, 0.5) is 8.78 Å². The number of carbonyl (C=O) groups is 2. The van der Waals surface area contributed by atoms with Gasteiger partial charge >= 0.3 is 6.61 Å². The van der Waals surface area contributed by atoms with Crippen molar-refractivity contribution in [1.29, 1.82) is 0 Å². The van der Waals surface area contributed by atoms with Crippen molar-refractivity contribution in [3.05, 3.63) is 24.3 Å². The number of benzene rings is 1. The number of halogens is 2. The highest BCUT2D eigenvalue weighted by molar-refractivity contribution is 7.90. The molecule has 2 amide bonds. The average Bonchev–Trinajstić information content (AvgIpc) is 2.66. The van der Waals surface area contributed by atoms with E-state index >= 15 is 0 Å².